The summed E-state index contributed by atoms with van der Waals surface area (Å²) < 4.78 is 0. The SMILES string of the molecule is NCC1CCCc2sc(-c3ccsc3)nc21. The Hall–Kier alpha value is -0.710. The van der Waals surface area contributed by atoms with Crippen LogP contribution in [-0.2, 0) is 6.42 Å². The number of aromatic nitrogens is 1. The van der Waals surface area contributed by atoms with Crippen LogP contribution in [-0.4, -0.2) is 11.5 Å². The predicted molar refractivity (Wildman–Crippen MR) is 70.2 cm³/mol. The second kappa shape index (κ2) is 4.28. The normalized spacial score (nSPS) is 19.7. The number of hydrogen-bond donors (Lipinski definition) is 1. The summed E-state index contributed by atoms with van der Waals surface area (Å²) in [4.78, 5) is 6.25. The average molecular weight is 250 g/mol. The molecule has 2 N–H and O–H groups in total. The standard InChI is InChI=1S/C12H14N2S2/c13-6-8-2-1-3-10-11(8)14-12(16-10)9-4-5-15-7-9/h4-5,7-8H,1-3,6,13H2. The van der Waals surface area contributed by atoms with Crippen molar-refractivity contribution in [3.05, 3.63) is 27.4 Å². The fourth-order valence-corrected chi connectivity index (χ4v) is 4.15. The van der Waals surface area contributed by atoms with E-state index in [2.05, 4.69) is 16.8 Å². The number of hydrogen-bond acceptors (Lipinski definition) is 4. The first-order valence-corrected chi connectivity index (χ1v) is 7.36. The molecule has 0 spiro atoms. The van der Waals surface area contributed by atoms with E-state index in [4.69, 9.17) is 10.7 Å². The quantitative estimate of drug-likeness (QED) is 0.888. The molecule has 0 aliphatic heterocycles. The lowest BCUT2D eigenvalue weighted by atomic mass is 9.91. The van der Waals surface area contributed by atoms with Gasteiger partial charge in [0, 0.05) is 28.3 Å². The minimum atomic E-state index is 0.493. The van der Waals surface area contributed by atoms with Gasteiger partial charge >= 0.3 is 0 Å². The zero-order chi connectivity index (χ0) is 11.0. The molecule has 2 heterocycles. The largest absolute Gasteiger partial charge is 0.330 e. The molecular weight excluding hydrogens is 236 g/mol. The highest BCUT2D eigenvalue weighted by atomic mass is 32.1. The lowest BCUT2D eigenvalue weighted by Gasteiger charge is -2.18. The van der Waals surface area contributed by atoms with Gasteiger partial charge in [-0.2, -0.15) is 11.3 Å². The minimum absolute atomic E-state index is 0.493. The van der Waals surface area contributed by atoms with Crippen LogP contribution in [0.2, 0.25) is 0 Å². The van der Waals surface area contributed by atoms with Gasteiger partial charge in [0.25, 0.3) is 0 Å². The number of thiophene rings is 1. The summed E-state index contributed by atoms with van der Waals surface area (Å²) in [5.41, 5.74) is 8.35. The van der Waals surface area contributed by atoms with Gasteiger partial charge in [0.05, 0.1) is 5.69 Å². The molecule has 2 aromatic heterocycles. The Kier molecular flexibility index (Phi) is 2.79. The van der Waals surface area contributed by atoms with Crippen LogP contribution in [0.5, 0.6) is 0 Å². The monoisotopic (exact) mass is 250 g/mol. The van der Waals surface area contributed by atoms with Crippen LogP contribution in [0.4, 0.5) is 0 Å². The summed E-state index contributed by atoms with van der Waals surface area (Å²) in [7, 11) is 0. The predicted octanol–water partition coefficient (Wildman–Crippen LogP) is 3.25. The van der Waals surface area contributed by atoms with Gasteiger partial charge < -0.3 is 5.73 Å². The molecule has 0 saturated carbocycles. The Morgan fingerprint density at radius 2 is 2.44 bits per heavy atom. The number of aryl methyl sites for hydroxylation is 1. The highest BCUT2D eigenvalue weighted by Crippen LogP contribution is 2.38. The Morgan fingerprint density at radius 1 is 1.50 bits per heavy atom. The molecule has 84 valence electrons. The second-order valence-electron chi connectivity index (χ2n) is 4.16. The number of nitrogens with zero attached hydrogens (tertiary/aromatic N) is 1. The first-order chi connectivity index (χ1) is 7.88. The maximum absolute atomic E-state index is 5.81. The summed E-state index contributed by atoms with van der Waals surface area (Å²) in [6.45, 7) is 0.736. The van der Waals surface area contributed by atoms with Gasteiger partial charge in [-0.1, -0.05) is 0 Å². The third kappa shape index (κ3) is 1.71. The van der Waals surface area contributed by atoms with E-state index in [0.717, 1.165) is 6.54 Å². The average Bonchev–Trinajstić information content (AvgIpc) is 2.96. The highest BCUT2D eigenvalue weighted by Gasteiger charge is 2.23. The fourth-order valence-electron chi connectivity index (χ4n) is 2.25. The van der Waals surface area contributed by atoms with E-state index in [1.807, 2.05) is 11.3 Å². The Morgan fingerprint density at radius 3 is 3.19 bits per heavy atom. The van der Waals surface area contributed by atoms with Gasteiger partial charge in [-0.25, -0.2) is 4.98 Å². The second-order valence-corrected chi connectivity index (χ2v) is 6.03. The van der Waals surface area contributed by atoms with Gasteiger partial charge in [0.15, 0.2) is 0 Å². The van der Waals surface area contributed by atoms with Crippen LogP contribution in [0.25, 0.3) is 10.6 Å². The van der Waals surface area contributed by atoms with Crippen molar-refractivity contribution in [2.45, 2.75) is 25.2 Å². The van der Waals surface area contributed by atoms with E-state index >= 15 is 0 Å². The molecule has 1 aliphatic rings. The van der Waals surface area contributed by atoms with Gasteiger partial charge in [-0.05, 0) is 30.7 Å². The number of rotatable bonds is 2. The van der Waals surface area contributed by atoms with Crippen LogP contribution in [0, 0.1) is 0 Å². The summed E-state index contributed by atoms with van der Waals surface area (Å²) in [6, 6.07) is 2.15. The van der Waals surface area contributed by atoms with E-state index in [1.54, 1.807) is 11.3 Å². The number of nitrogens with two attached hydrogens (primary N) is 1. The molecule has 2 nitrogen and oxygen atoms in total. The van der Waals surface area contributed by atoms with Crippen LogP contribution in [0.3, 0.4) is 0 Å². The van der Waals surface area contributed by atoms with Crippen molar-refractivity contribution in [2.24, 2.45) is 5.73 Å². The molecule has 2 aromatic rings. The van der Waals surface area contributed by atoms with E-state index in [0.29, 0.717) is 5.92 Å². The van der Waals surface area contributed by atoms with Crippen LogP contribution < -0.4 is 5.73 Å². The van der Waals surface area contributed by atoms with Gasteiger partial charge in [0.2, 0.25) is 0 Å². The van der Waals surface area contributed by atoms with Crippen molar-refractivity contribution in [2.75, 3.05) is 6.54 Å². The summed E-state index contributed by atoms with van der Waals surface area (Å²) in [5.74, 6) is 0.493. The Labute approximate surface area is 103 Å². The van der Waals surface area contributed by atoms with E-state index in [1.165, 1.54) is 40.4 Å². The third-order valence-corrected chi connectivity index (χ3v) is 4.99. The summed E-state index contributed by atoms with van der Waals surface area (Å²) in [5, 5.41) is 5.45. The molecule has 4 heteroatoms. The van der Waals surface area contributed by atoms with Crippen LogP contribution >= 0.6 is 22.7 Å². The van der Waals surface area contributed by atoms with Gasteiger partial charge in [0.1, 0.15) is 5.01 Å². The van der Waals surface area contributed by atoms with Crippen molar-refractivity contribution in [3.63, 3.8) is 0 Å². The Bertz CT molecular complexity index is 473. The zero-order valence-corrected chi connectivity index (χ0v) is 10.6. The first kappa shape index (κ1) is 10.4. The highest BCUT2D eigenvalue weighted by molar-refractivity contribution is 7.15. The third-order valence-electron chi connectivity index (χ3n) is 3.12. The molecule has 1 atom stereocenters. The molecule has 16 heavy (non-hydrogen) atoms. The van der Waals surface area contributed by atoms with E-state index < -0.39 is 0 Å². The van der Waals surface area contributed by atoms with Crippen molar-refractivity contribution in [1.29, 1.82) is 0 Å². The lowest BCUT2D eigenvalue weighted by Crippen LogP contribution is -2.17. The number of thiazole rings is 1. The maximum atomic E-state index is 5.81. The Balaban J connectivity index is 2.02. The van der Waals surface area contributed by atoms with E-state index in [-0.39, 0.29) is 0 Å². The van der Waals surface area contributed by atoms with Crippen molar-refractivity contribution in [1.82, 2.24) is 4.98 Å². The first-order valence-electron chi connectivity index (χ1n) is 5.60. The number of fused-ring (bicyclic) bond motifs is 1. The molecule has 0 saturated heterocycles. The molecule has 0 amide bonds. The summed E-state index contributed by atoms with van der Waals surface area (Å²) >= 11 is 3.58. The van der Waals surface area contributed by atoms with Crippen molar-refractivity contribution < 1.29 is 0 Å². The van der Waals surface area contributed by atoms with Gasteiger partial charge in [-0.15, -0.1) is 11.3 Å². The molecule has 0 fully saturated rings. The fraction of sp³-hybridized carbons (Fsp3) is 0.417. The smallest absolute Gasteiger partial charge is 0.124 e. The van der Waals surface area contributed by atoms with Crippen molar-refractivity contribution in [3.8, 4) is 10.6 Å². The lowest BCUT2D eigenvalue weighted by molar-refractivity contribution is 0.554. The van der Waals surface area contributed by atoms with Crippen molar-refractivity contribution >= 4 is 22.7 Å². The molecule has 0 radical (unpaired) electrons. The zero-order valence-electron chi connectivity index (χ0n) is 8.98. The molecule has 1 aliphatic carbocycles. The molecule has 0 aromatic carbocycles. The molecule has 3 rings (SSSR count). The molecular formula is C12H14N2S2. The molecule has 1 unspecified atom stereocenters. The van der Waals surface area contributed by atoms with E-state index in [9.17, 15) is 0 Å². The van der Waals surface area contributed by atoms with Gasteiger partial charge in [-0.3, -0.25) is 0 Å². The topological polar surface area (TPSA) is 38.9 Å². The summed E-state index contributed by atoms with van der Waals surface area (Å²) in [6.07, 6.45) is 3.66. The maximum Gasteiger partial charge on any atom is 0.124 e. The molecule has 0 bridgehead atoms. The van der Waals surface area contributed by atoms with Crippen LogP contribution in [0.1, 0.15) is 29.3 Å². The van der Waals surface area contributed by atoms with Crippen LogP contribution in [0.15, 0.2) is 16.8 Å². The minimum Gasteiger partial charge on any atom is -0.330 e.